The molecule has 1 fully saturated rings. The van der Waals surface area contributed by atoms with Crippen LogP contribution in [0.4, 0.5) is 0 Å². The molecule has 1 aliphatic rings. The van der Waals surface area contributed by atoms with E-state index in [-0.39, 0.29) is 11.9 Å². The molecule has 7 heteroatoms. The Morgan fingerprint density at radius 1 is 1.33 bits per heavy atom. The average Bonchev–Trinajstić information content (AvgIpc) is 3.17. The Morgan fingerprint density at radius 2 is 2.14 bits per heavy atom. The number of carbonyl (C=O) groups excluding carboxylic acids is 1. The van der Waals surface area contributed by atoms with Crippen LogP contribution in [0.15, 0.2) is 24.7 Å². The quantitative estimate of drug-likeness (QED) is 0.891. The highest BCUT2D eigenvalue weighted by Gasteiger charge is 2.28. The smallest absolute Gasteiger partial charge is 0.263 e. The number of thiazole rings is 1. The molecule has 0 spiro atoms. The lowest BCUT2D eigenvalue weighted by Crippen LogP contribution is -2.39. The van der Waals surface area contributed by atoms with E-state index in [1.54, 1.807) is 24.7 Å². The molecule has 3 N–H and O–H groups in total. The summed E-state index contributed by atoms with van der Waals surface area (Å²) in [5.41, 5.74) is 5.74. The Kier molecular flexibility index (Phi) is 4.21. The van der Waals surface area contributed by atoms with Crippen LogP contribution in [-0.2, 0) is 0 Å². The molecule has 2 atom stereocenters. The maximum Gasteiger partial charge on any atom is 0.263 e. The van der Waals surface area contributed by atoms with Gasteiger partial charge in [0.15, 0.2) is 10.8 Å². The van der Waals surface area contributed by atoms with E-state index in [0.29, 0.717) is 28.2 Å². The zero-order valence-corrected chi connectivity index (χ0v) is 12.3. The molecule has 2 heterocycles. The van der Waals surface area contributed by atoms with Crippen molar-refractivity contribution in [2.24, 2.45) is 11.7 Å². The number of hydrogen-bond acceptors (Lipinski definition) is 6. The molecule has 6 nitrogen and oxygen atoms in total. The number of hydrogen-bond donors (Lipinski definition) is 2. The van der Waals surface area contributed by atoms with E-state index in [0.717, 1.165) is 19.3 Å². The summed E-state index contributed by atoms with van der Waals surface area (Å²) >= 11 is 1.31. The van der Waals surface area contributed by atoms with E-state index < -0.39 is 0 Å². The van der Waals surface area contributed by atoms with Gasteiger partial charge in [0.25, 0.3) is 5.91 Å². The molecule has 0 aromatic carbocycles. The van der Waals surface area contributed by atoms with Gasteiger partial charge >= 0.3 is 0 Å². The summed E-state index contributed by atoms with van der Waals surface area (Å²) in [7, 11) is 0. The number of carbonyl (C=O) groups is 1. The number of nitrogens with zero attached hydrogens (tertiary/aromatic N) is 3. The van der Waals surface area contributed by atoms with Gasteiger partial charge in [0, 0.05) is 18.4 Å². The largest absolute Gasteiger partial charge is 0.348 e. The minimum atomic E-state index is -0.0833. The first kappa shape index (κ1) is 14.1. The standard InChI is InChI=1S/C14H17N5OS/c15-7-9-3-1-4-10(9)19-13(20)11-8-18-14(21-11)12-16-5-2-6-17-12/h2,5-6,8-10H,1,3-4,7,15H2,(H,19,20). The first-order valence-corrected chi connectivity index (χ1v) is 7.83. The summed E-state index contributed by atoms with van der Waals surface area (Å²) in [6.45, 7) is 0.622. The SMILES string of the molecule is NCC1CCCC1NC(=O)c1cnc(-c2ncccn2)s1. The van der Waals surface area contributed by atoms with Crippen molar-refractivity contribution in [1.82, 2.24) is 20.3 Å². The zero-order chi connectivity index (χ0) is 14.7. The molecule has 1 amide bonds. The highest BCUT2D eigenvalue weighted by atomic mass is 32.1. The average molecular weight is 303 g/mol. The topological polar surface area (TPSA) is 93.8 Å². The maximum absolute atomic E-state index is 12.3. The van der Waals surface area contributed by atoms with Gasteiger partial charge in [0.1, 0.15) is 4.88 Å². The molecular weight excluding hydrogens is 286 g/mol. The fourth-order valence-electron chi connectivity index (χ4n) is 2.64. The highest BCUT2D eigenvalue weighted by molar-refractivity contribution is 7.16. The van der Waals surface area contributed by atoms with Crippen LogP contribution in [0.3, 0.4) is 0 Å². The van der Waals surface area contributed by atoms with Crippen LogP contribution in [0.25, 0.3) is 10.8 Å². The van der Waals surface area contributed by atoms with Crippen molar-refractivity contribution in [3.05, 3.63) is 29.5 Å². The van der Waals surface area contributed by atoms with Gasteiger partial charge in [0.05, 0.1) is 6.20 Å². The molecule has 2 aromatic rings. The molecule has 0 radical (unpaired) electrons. The van der Waals surface area contributed by atoms with Gasteiger partial charge in [-0.25, -0.2) is 15.0 Å². The minimum Gasteiger partial charge on any atom is -0.348 e. The van der Waals surface area contributed by atoms with Gasteiger partial charge in [-0.15, -0.1) is 11.3 Å². The second kappa shape index (κ2) is 6.28. The molecule has 2 aromatic heterocycles. The molecular formula is C14H17N5OS. The number of amides is 1. The van der Waals surface area contributed by atoms with E-state index in [1.807, 2.05) is 0 Å². The fraction of sp³-hybridized carbons (Fsp3) is 0.429. The third-order valence-corrected chi connectivity index (χ3v) is 4.76. The Balaban J connectivity index is 1.70. The third kappa shape index (κ3) is 3.08. The van der Waals surface area contributed by atoms with Crippen molar-refractivity contribution in [3.8, 4) is 10.8 Å². The van der Waals surface area contributed by atoms with Gasteiger partial charge in [-0.05, 0) is 31.4 Å². The van der Waals surface area contributed by atoms with Crippen LogP contribution in [0.1, 0.15) is 28.9 Å². The third-order valence-electron chi connectivity index (χ3n) is 3.76. The molecule has 0 bridgehead atoms. The molecule has 21 heavy (non-hydrogen) atoms. The second-order valence-corrected chi connectivity index (χ2v) is 6.14. The maximum atomic E-state index is 12.3. The van der Waals surface area contributed by atoms with E-state index in [4.69, 9.17) is 5.73 Å². The summed E-state index contributed by atoms with van der Waals surface area (Å²) in [5.74, 6) is 0.848. The van der Waals surface area contributed by atoms with Crippen LogP contribution in [0, 0.1) is 5.92 Å². The molecule has 3 rings (SSSR count). The van der Waals surface area contributed by atoms with Gasteiger partial charge in [-0.1, -0.05) is 6.42 Å². The molecule has 1 saturated carbocycles. The predicted octanol–water partition coefficient (Wildman–Crippen LogP) is 1.46. The summed E-state index contributed by atoms with van der Waals surface area (Å²) in [6.07, 6.45) is 8.12. The predicted molar refractivity (Wildman–Crippen MR) is 80.8 cm³/mol. The molecule has 2 unspecified atom stereocenters. The van der Waals surface area contributed by atoms with Crippen molar-refractivity contribution in [3.63, 3.8) is 0 Å². The van der Waals surface area contributed by atoms with Crippen LogP contribution >= 0.6 is 11.3 Å². The van der Waals surface area contributed by atoms with Crippen molar-refractivity contribution in [2.45, 2.75) is 25.3 Å². The summed E-state index contributed by atoms with van der Waals surface area (Å²) < 4.78 is 0. The monoisotopic (exact) mass is 303 g/mol. The van der Waals surface area contributed by atoms with Crippen LogP contribution in [-0.4, -0.2) is 33.4 Å². The van der Waals surface area contributed by atoms with E-state index in [2.05, 4.69) is 20.3 Å². The molecule has 0 saturated heterocycles. The second-order valence-electron chi connectivity index (χ2n) is 5.11. The van der Waals surface area contributed by atoms with Gasteiger partial charge < -0.3 is 11.1 Å². The Hall–Kier alpha value is -1.86. The van der Waals surface area contributed by atoms with Crippen molar-refractivity contribution in [1.29, 1.82) is 0 Å². The lowest BCUT2D eigenvalue weighted by Gasteiger charge is -2.18. The van der Waals surface area contributed by atoms with Crippen molar-refractivity contribution >= 4 is 17.2 Å². The number of rotatable bonds is 4. The Morgan fingerprint density at radius 3 is 2.90 bits per heavy atom. The highest BCUT2D eigenvalue weighted by Crippen LogP contribution is 2.26. The summed E-state index contributed by atoms with van der Waals surface area (Å²) in [5, 5.41) is 3.73. The van der Waals surface area contributed by atoms with Gasteiger partial charge in [-0.2, -0.15) is 0 Å². The Labute approximate surface area is 126 Å². The fourth-order valence-corrected chi connectivity index (χ4v) is 3.41. The number of aromatic nitrogens is 3. The summed E-state index contributed by atoms with van der Waals surface area (Å²) in [4.78, 5) is 25.4. The minimum absolute atomic E-state index is 0.0833. The van der Waals surface area contributed by atoms with Crippen molar-refractivity contribution in [2.75, 3.05) is 6.54 Å². The van der Waals surface area contributed by atoms with E-state index in [9.17, 15) is 4.79 Å². The van der Waals surface area contributed by atoms with Gasteiger partial charge in [0.2, 0.25) is 0 Å². The lowest BCUT2D eigenvalue weighted by molar-refractivity contribution is 0.0932. The van der Waals surface area contributed by atoms with E-state index >= 15 is 0 Å². The first-order chi connectivity index (χ1) is 10.3. The summed E-state index contributed by atoms with van der Waals surface area (Å²) in [6, 6.07) is 1.93. The van der Waals surface area contributed by atoms with Gasteiger partial charge in [-0.3, -0.25) is 4.79 Å². The molecule has 1 aliphatic carbocycles. The first-order valence-electron chi connectivity index (χ1n) is 7.02. The number of nitrogens with two attached hydrogens (primary N) is 1. The molecule has 110 valence electrons. The normalized spacial score (nSPS) is 21.4. The van der Waals surface area contributed by atoms with Crippen LogP contribution in [0.5, 0.6) is 0 Å². The number of nitrogens with one attached hydrogen (secondary N) is 1. The van der Waals surface area contributed by atoms with Crippen LogP contribution in [0.2, 0.25) is 0 Å². The zero-order valence-electron chi connectivity index (χ0n) is 11.5. The van der Waals surface area contributed by atoms with Crippen LogP contribution < -0.4 is 11.1 Å². The molecule has 0 aliphatic heterocycles. The van der Waals surface area contributed by atoms with E-state index in [1.165, 1.54) is 11.3 Å². The Bertz CT molecular complexity index is 615. The van der Waals surface area contributed by atoms with Crippen molar-refractivity contribution < 1.29 is 4.79 Å². The lowest BCUT2D eigenvalue weighted by atomic mass is 10.0.